The van der Waals surface area contributed by atoms with Crippen molar-refractivity contribution in [2.75, 3.05) is 0 Å². The second kappa shape index (κ2) is 8.75. The summed E-state index contributed by atoms with van der Waals surface area (Å²) in [6.07, 6.45) is 4.40. The summed E-state index contributed by atoms with van der Waals surface area (Å²) in [6.45, 7) is 3.54. The van der Waals surface area contributed by atoms with Gasteiger partial charge in [-0.1, -0.05) is 6.07 Å². The fraction of sp³-hybridized carbons (Fsp3) is 0.231. The molecule has 0 aliphatic heterocycles. The Kier molecular flexibility index (Phi) is 5.60. The molecule has 0 saturated carbocycles. The highest BCUT2D eigenvalue weighted by Gasteiger charge is 2.18. The molecule has 2 aromatic carbocycles. The van der Waals surface area contributed by atoms with Gasteiger partial charge in [0.2, 0.25) is 5.76 Å². The number of furan rings is 1. The SMILES string of the molecule is Cc1cc(N=Nc2c(C)[nH]n(-c3ccc4c(c3)CCCC4)c2=O)c(O)c(-c2ccc(C(=O)O)o2)c1. The molecule has 4 aromatic rings. The minimum atomic E-state index is -1.21. The van der Waals surface area contributed by atoms with Crippen LogP contribution in [0, 0.1) is 13.8 Å². The van der Waals surface area contributed by atoms with Gasteiger partial charge in [-0.2, -0.15) is 0 Å². The summed E-state index contributed by atoms with van der Waals surface area (Å²) in [5.74, 6) is -1.49. The molecule has 0 bridgehead atoms. The number of rotatable bonds is 5. The van der Waals surface area contributed by atoms with Gasteiger partial charge in [0.1, 0.15) is 11.4 Å². The number of phenolic OH excluding ortho intramolecular Hbond substituents is 1. The number of benzene rings is 2. The van der Waals surface area contributed by atoms with Gasteiger partial charge in [0, 0.05) is 0 Å². The van der Waals surface area contributed by atoms with E-state index in [9.17, 15) is 14.7 Å². The lowest BCUT2D eigenvalue weighted by atomic mass is 9.91. The average molecular weight is 473 g/mol. The van der Waals surface area contributed by atoms with Crippen LogP contribution in [0.15, 0.2) is 61.9 Å². The number of aromatic nitrogens is 2. The molecule has 2 heterocycles. The predicted octanol–water partition coefficient (Wildman–Crippen LogP) is 5.74. The normalized spacial score (nSPS) is 13.3. The summed E-state index contributed by atoms with van der Waals surface area (Å²) >= 11 is 0. The van der Waals surface area contributed by atoms with Gasteiger partial charge in [-0.3, -0.25) is 9.89 Å². The second-order valence-electron chi connectivity index (χ2n) is 8.74. The largest absolute Gasteiger partial charge is 0.505 e. The Labute approximate surface area is 200 Å². The van der Waals surface area contributed by atoms with Crippen LogP contribution in [0.25, 0.3) is 17.0 Å². The number of phenols is 1. The number of nitrogens with zero attached hydrogens (tertiary/aromatic N) is 3. The van der Waals surface area contributed by atoms with Crippen LogP contribution in [0.5, 0.6) is 5.75 Å². The van der Waals surface area contributed by atoms with E-state index in [1.54, 1.807) is 26.0 Å². The quantitative estimate of drug-likeness (QED) is 0.319. The van der Waals surface area contributed by atoms with Crippen molar-refractivity contribution in [1.29, 1.82) is 0 Å². The van der Waals surface area contributed by atoms with E-state index in [0.717, 1.165) is 30.5 Å². The molecular formula is C26H24N4O5. The van der Waals surface area contributed by atoms with Gasteiger partial charge in [-0.25, -0.2) is 9.48 Å². The number of aromatic amines is 1. The van der Waals surface area contributed by atoms with Crippen molar-refractivity contribution in [3.8, 4) is 22.8 Å². The molecule has 1 aliphatic rings. The topological polar surface area (TPSA) is 133 Å². The van der Waals surface area contributed by atoms with Gasteiger partial charge in [0.25, 0.3) is 5.56 Å². The van der Waals surface area contributed by atoms with Crippen molar-refractivity contribution in [3.63, 3.8) is 0 Å². The lowest BCUT2D eigenvalue weighted by Gasteiger charge is -2.16. The molecule has 0 radical (unpaired) electrons. The number of aromatic carboxylic acids is 1. The van der Waals surface area contributed by atoms with Crippen LogP contribution in [0.4, 0.5) is 11.4 Å². The van der Waals surface area contributed by atoms with Crippen molar-refractivity contribution < 1.29 is 19.4 Å². The van der Waals surface area contributed by atoms with Crippen LogP contribution in [0.3, 0.4) is 0 Å². The summed E-state index contributed by atoms with van der Waals surface area (Å²) in [4.78, 5) is 24.3. The molecule has 9 nitrogen and oxygen atoms in total. The smallest absolute Gasteiger partial charge is 0.371 e. The van der Waals surface area contributed by atoms with Gasteiger partial charge < -0.3 is 14.6 Å². The molecule has 178 valence electrons. The third kappa shape index (κ3) is 4.16. The zero-order valence-corrected chi connectivity index (χ0v) is 19.3. The van der Waals surface area contributed by atoms with Gasteiger partial charge in [0.05, 0.1) is 16.9 Å². The molecule has 1 aliphatic carbocycles. The molecule has 9 heteroatoms. The molecule has 5 rings (SSSR count). The van der Waals surface area contributed by atoms with E-state index < -0.39 is 5.97 Å². The van der Waals surface area contributed by atoms with Crippen LogP contribution in [0.1, 0.15) is 45.8 Å². The Bertz CT molecular complexity index is 1540. The molecule has 0 spiro atoms. The molecule has 2 aromatic heterocycles. The number of aromatic hydroxyl groups is 1. The van der Waals surface area contributed by atoms with Crippen molar-refractivity contribution in [1.82, 2.24) is 9.78 Å². The number of hydrogen-bond acceptors (Lipinski definition) is 6. The number of carboxylic acid groups (broad SMARTS) is 1. The Morgan fingerprint density at radius 2 is 1.80 bits per heavy atom. The van der Waals surface area contributed by atoms with Gasteiger partial charge in [-0.15, -0.1) is 10.2 Å². The summed E-state index contributed by atoms with van der Waals surface area (Å²) in [5, 5.41) is 31.2. The highest BCUT2D eigenvalue weighted by atomic mass is 16.4. The zero-order chi connectivity index (χ0) is 24.7. The average Bonchev–Trinajstić information content (AvgIpc) is 3.44. The lowest BCUT2D eigenvalue weighted by Crippen LogP contribution is -2.15. The molecule has 3 N–H and O–H groups in total. The van der Waals surface area contributed by atoms with Crippen LogP contribution in [-0.2, 0) is 12.8 Å². The minimum absolute atomic E-state index is 0.133. The van der Waals surface area contributed by atoms with E-state index in [0.29, 0.717) is 5.69 Å². The third-order valence-corrected chi connectivity index (χ3v) is 6.20. The number of carbonyl (C=O) groups is 1. The van der Waals surface area contributed by atoms with Gasteiger partial charge in [-0.05, 0) is 92.6 Å². The van der Waals surface area contributed by atoms with Crippen molar-refractivity contribution in [3.05, 3.63) is 81.0 Å². The van der Waals surface area contributed by atoms with Crippen LogP contribution in [-0.4, -0.2) is 26.0 Å². The monoisotopic (exact) mass is 472 g/mol. The summed E-state index contributed by atoms with van der Waals surface area (Å²) in [7, 11) is 0. The molecule has 0 amide bonds. The lowest BCUT2D eigenvalue weighted by molar-refractivity contribution is 0.0663. The fourth-order valence-corrected chi connectivity index (χ4v) is 4.42. The Morgan fingerprint density at radius 1 is 1.03 bits per heavy atom. The first-order valence-electron chi connectivity index (χ1n) is 11.3. The summed E-state index contributed by atoms with van der Waals surface area (Å²) in [6, 6.07) is 12.1. The minimum Gasteiger partial charge on any atom is -0.505 e. The Morgan fingerprint density at radius 3 is 2.54 bits per heavy atom. The number of H-pyrrole nitrogens is 1. The maximum atomic E-state index is 13.1. The first-order chi connectivity index (χ1) is 16.8. The maximum absolute atomic E-state index is 13.1. The number of hydrogen-bond donors (Lipinski definition) is 3. The molecule has 0 saturated heterocycles. The van der Waals surface area contributed by atoms with E-state index in [1.165, 1.54) is 34.4 Å². The summed E-state index contributed by atoms with van der Waals surface area (Å²) < 4.78 is 6.78. The fourth-order valence-electron chi connectivity index (χ4n) is 4.42. The maximum Gasteiger partial charge on any atom is 0.371 e. The van der Waals surface area contributed by atoms with E-state index >= 15 is 0 Å². The zero-order valence-electron chi connectivity index (χ0n) is 19.3. The number of fused-ring (bicyclic) bond motifs is 1. The molecular weight excluding hydrogens is 448 g/mol. The molecule has 35 heavy (non-hydrogen) atoms. The summed E-state index contributed by atoms with van der Waals surface area (Å²) in [5.41, 5.74) is 4.83. The predicted molar refractivity (Wildman–Crippen MR) is 129 cm³/mol. The second-order valence-corrected chi connectivity index (χ2v) is 8.74. The Hall–Kier alpha value is -4.40. The van der Waals surface area contributed by atoms with Crippen molar-refractivity contribution in [2.45, 2.75) is 39.5 Å². The van der Waals surface area contributed by atoms with E-state index in [-0.39, 0.29) is 39.8 Å². The molecule has 0 fully saturated rings. The van der Waals surface area contributed by atoms with E-state index in [4.69, 9.17) is 9.52 Å². The Balaban J connectivity index is 1.50. The van der Waals surface area contributed by atoms with Crippen molar-refractivity contribution in [2.24, 2.45) is 10.2 Å². The number of azo groups is 1. The molecule has 0 unspecified atom stereocenters. The van der Waals surface area contributed by atoms with Crippen LogP contribution in [0.2, 0.25) is 0 Å². The van der Waals surface area contributed by atoms with Crippen molar-refractivity contribution >= 4 is 17.3 Å². The highest BCUT2D eigenvalue weighted by Crippen LogP contribution is 2.40. The van der Waals surface area contributed by atoms with Crippen LogP contribution >= 0.6 is 0 Å². The standard InChI is InChI=1S/C26H24N4O5/c1-14-11-19(21-9-10-22(35-21)26(33)34)24(31)20(12-14)27-28-23-15(2)29-30(25(23)32)18-8-7-16-5-3-4-6-17(16)13-18/h7-13,29,31H,3-6H2,1-2H3,(H,33,34). The van der Waals surface area contributed by atoms with E-state index in [2.05, 4.69) is 21.4 Å². The van der Waals surface area contributed by atoms with Gasteiger partial charge >= 0.3 is 5.97 Å². The van der Waals surface area contributed by atoms with Gasteiger partial charge in [0.15, 0.2) is 11.4 Å². The van der Waals surface area contributed by atoms with Crippen LogP contribution < -0.4 is 5.56 Å². The highest BCUT2D eigenvalue weighted by molar-refractivity contribution is 5.86. The number of nitrogens with one attached hydrogen (secondary N) is 1. The number of carboxylic acids is 1. The van der Waals surface area contributed by atoms with E-state index in [1.807, 2.05) is 12.1 Å². The first kappa shape index (κ1) is 22.4. The number of aryl methyl sites for hydroxylation is 4. The third-order valence-electron chi connectivity index (χ3n) is 6.20. The molecule has 0 atom stereocenters. The first-order valence-corrected chi connectivity index (χ1v) is 11.3.